The summed E-state index contributed by atoms with van der Waals surface area (Å²) in [6.07, 6.45) is -4.89. The first-order valence-corrected chi connectivity index (χ1v) is 17.6. The average Bonchev–Trinajstić information content (AvgIpc) is 3.03. The van der Waals surface area contributed by atoms with Crippen LogP contribution < -0.4 is 9.62 Å². The van der Waals surface area contributed by atoms with Crippen LogP contribution in [0, 0.1) is 6.92 Å². The molecule has 0 saturated carbocycles. The maximum absolute atomic E-state index is 14.5. The number of sulfonamides is 1. The largest absolute Gasteiger partial charge is 0.417 e. The predicted octanol–water partition coefficient (Wildman–Crippen LogP) is 8.33. The van der Waals surface area contributed by atoms with Gasteiger partial charge >= 0.3 is 6.18 Å². The summed E-state index contributed by atoms with van der Waals surface area (Å²) >= 11 is 18.3. The fraction of sp³-hybridized carbons (Fsp3) is 0.257. The second-order valence-electron chi connectivity index (χ2n) is 11.6. The van der Waals surface area contributed by atoms with Gasteiger partial charge in [-0.3, -0.25) is 13.9 Å². The molecule has 4 aromatic carbocycles. The highest BCUT2D eigenvalue weighted by Gasteiger charge is 2.38. The maximum atomic E-state index is 14.5. The summed E-state index contributed by atoms with van der Waals surface area (Å²) in [5, 5.41) is 2.61. The van der Waals surface area contributed by atoms with Gasteiger partial charge in [0, 0.05) is 19.0 Å². The molecule has 4 aromatic rings. The second-order valence-corrected chi connectivity index (χ2v) is 14.7. The Bertz CT molecular complexity index is 1910. The first-order valence-electron chi connectivity index (χ1n) is 15.0. The lowest BCUT2D eigenvalue weighted by molar-refractivity contribution is -0.140. The minimum atomic E-state index is -4.92. The fourth-order valence-electron chi connectivity index (χ4n) is 5.02. The summed E-state index contributed by atoms with van der Waals surface area (Å²) in [5.74, 6) is -1.39. The van der Waals surface area contributed by atoms with Crippen LogP contribution in [0.1, 0.15) is 36.1 Å². The highest BCUT2D eigenvalue weighted by atomic mass is 35.5. The molecule has 0 fully saturated rings. The van der Waals surface area contributed by atoms with E-state index in [0.717, 1.165) is 17.7 Å². The van der Waals surface area contributed by atoms with Gasteiger partial charge < -0.3 is 10.2 Å². The van der Waals surface area contributed by atoms with E-state index in [4.69, 9.17) is 34.8 Å². The summed E-state index contributed by atoms with van der Waals surface area (Å²) in [5.41, 5.74) is 0.174. The monoisotopic (exact) mass is 753 g/mol. The van der Waals surface area contributed by atoms with Crippen LogP contribution in [0.3, 0.4) is 0 Å². The van der Waals surface area contributed by atoms with Crippen LogP contribution in [0.5, 0.6) is 0 Å². The Hall–Kier alpha value is -3.77. The molecule has 0 aliphatic carbocycles. The zero-order chi connectivity index (χ0) is 36.1. The van der Waals surface area contributed by atoms with Crippen molar-refractivity contribution in [2.24, 2.45) is 0 Å². The van der Waals surface area contributed by atoms with Crippen molar-refractivity contribution in [2.75, 3.05) is 10.8 Å². The summed E-state index contributed by atoms with van der Waals surface area (Å²) in [7, 11) is -4.65. The number of halogens is 6. The van der Waals surface area contributed by atoms with E-state index in [-0.39, 0.29) is 33.9 Å². The van der Waals surface area contributed by atoms with E-state index in [2.05, 4.69) is 5.32 Å². The normalized spacial score (nSPS) is 12.4. The number of alkyl halides is 3. The number of benzene rings is 4. The third-order valence-electron chi connectivity index (χ3n) is 7.47. The highest BCUT2D eigenvalue weighted by Crippen LogP contribution is 2.38. The van der Waals surface area contributed by atoms with Crippen LogP contribution in [0.2, 0.25) is 15.1 Å². The van der Waals surface area contributed by atoms with Crippen molar-refractivity contribution in [3.8, 4) is 0 Å². The molecule has 14 heteroatoms. The quantitative estimate of drug-likeness (QED) is 0.158. The first-order chi connectivity index (χ1) is 23.0. The number of nitrogens with one attached hydrogen (secondary N) is 1. The zero-order valence-corrected chi connectivity index (χ0v) is 29.7. The van der Waals surface area contributed by atoms with Crippen molar-refractivity contribution in [3.63, 3.8) is 0 Å². The zero-order valence-electron chi connectivity index (χ0n) is 26.6. The number of amides is 2. The molecule has 260 valence electrons. The number of hydrogen-bond acceptors (Lipinski definition) is 4. The second kappa shape index (κ2) is 15.8. The van der Waals surface area contributed by atoms with Crippen molar-refractivity contribution < 1.29 is 31.2 Å². The average molecular weight is 755 g/mol. The van der Waals surface area contributed by atoms with Crippen LogP contribution in [-0.4, -0.2) is 43.8 Å². The molecule has 0 spiro atoms. The van der Waals surface area contributed by atoms with Gasteiger partial charge in [-0.1, -0.05) is 88.9 Å². The van der Waals surface area contributed by atoms with E-state index >= 15 is 0 Å². The number of anilines is 1. The molecule has 1 unspecified atom stereocenters. The lowest BCUT2D eigenvalue weighted by Crippen LogP contribution is -2.54. The molecule has 49 heavy (non-hydrogen) atoms. The molecule has 0 aliphatic heterocycles. The first kappa shape index (κ1) is 38.0. The standard InChI is InChI=1S/C35H33Cl3F3N3O4S/c1-22(2)42-34(46)32(18-24-7-5-4-6-8-24)43(20-25-11-15-30(37)31(38)17-25)33(45)21-44(49(47,48)27-13-9-23(3)10-14-27)26-12-16-29(36)28(19-26)35(39,40)41/h4-17,19,22,32H,18,20-21H2,1-3H3,(H,42,46). The van der Waals surface area contributed by atoms with Crippen LogP contribution in [0.25, 0.3) is 0 Å². The number of carbonyl (C=O) groups excluding carboxylic acids is 2. The Morgan fingerprint density at radius 2 is 1.45 bits per heavy atom. The van der Waals surface area contributed by atoms with E-state index in [1.807, 2.05) is 0 Å². The molecule has 1 atom stereocenters. The fourth-order valence-corrected chi connectivity index (χ4v) is 6.97. The highest BCUT2D eigenvalue weighted by molar-refractivity contribution is 7.92. The third kappa shape index (κ3) is 9.69. The van der Waals surface area contributed by atoms with Crippen LogP contribution >= 0.6 is 34.8 Å². The summed E-state index contributed by atoms with van der Waals surface area (Å²) < 4.78 is 70.8. The van der Waals surface area contributed by atoms with Gasteiger partial charge in [0.15, 0.2) is 0 Å². The molecule has 2 amide bonds. The van der Waals surface area contributed by atoms with E-state index in [1.165, 1.54) is 41.3 Å². The van der Waals surface area contributed by atoms with Gasteiger partial charge in [0.05, 0.1) is 31.2 Å². The molecule has 4 rings (SSSR count). The Morgan fingerprint density at radius 1 is 0.816 bits per heavy atom. The molecule has 0 saturated heterocycles. The molecule has 0 heterocycles. The molecular formula is C35H33Cl3F3N3O4S. The van der Waals surface area contributed by atoms with Crippen LogP contribution in [0.4, 0.5) is 18.9 Å². The Kier molecular flexibility index (Phi) is 12.3. The van der Waals surface area contributed by atoms with Crippen molar-refractivity contribution in [1.82, 2.24) is 10.2 Å². The minimum Gasteiger partial charge on any atom is -0.352 e. The van der Waals surface area contributed by atoms with Gasteiger partial charge in [0.2, 0.25) is 11.8 Å². The molecule has 0 aliphatic rings. The third-order valence-corrected chi connectivity index (χ3v) is 10.3. The molecular weight excluding hydrogens is 722 g/mol. The van der Waals surface area contributed by atoms with Gasteiger partial charge in [0.25, 0.3) is 10.0 Å². The number of carbonyl (C=O) groups is 2. The topological polar surface area (TPSA) is 86.8 Å². The maximum Gasteiger partial charge on any atom is 0.417 e. The molecule has 7 nitrogen and oxygen atoms in total. The van der Waals surface area contributed by atoms with E-state index in [1.54, 1.807) is 57.2 Å². The van der Waals surface area contributed by atoms with E-state index < -0.39 is 56.9 Å². The smallest absolute Gasteiger partial charge is 0.352 e. The summed E-state index contributed by atoms with van der Waals surface area (Å²) in [6, 6.07) is 20.3. The number of rotatable bonds is 12. The number of nitrogens with zero attached hydrogens (tertiary/aromatic N) is 2. The van der Waals surface area contributed by atoms with Crippen molar-refractivity contribution in [2.45, 2.75) is 56.9 Å². The lowest BCUT2D eigenvalue weighted by atomic mass is 10.0. The SMILES string of the molecule is Cc1ccc(S(=O)(=O)N(CC(=O)N(Cc2ccc(Cl)c(Cl)c2)C(Cc2ccccc2)C(=O)NC(C)C)c2ccc(Cl)c(C(F)(F)F)c2)cc1. The Morgan fingerprint density at radius 3 is 2.04 bits per heavy atom. The number of aryl methyl sites for hydroxylation is 1. The van der Waals surface area contributed by atoms with Crippen molar-refractivity contribution >= 4 is 62.3 Å². The summed E-state index contributed by atoms with van der Waals surface area (Å²) in [4.78, 5) is 29.2. The predicted molar refractivity (Wildman–Crippen MR) is 186 cm³/mol. The Labute approximate surface area is 298 Å². The molecule has 0 aromatic heterocycles. The lowest BCUT2D eigenvalue weighted by Gasteiger charge is -2.34. The van der Waals surface area contributed by atoms with Crippen molar-refractivity contribution in [1.29, 1.82) is 0 Å². The van der Waals surface area contributed by atoms with Crippen molar-refractivity contribution in [3.05, 3.63) is 128 Å². The van der Waals surface area contributed by atoms with Gasteiger partial charge in [0.1, 0.15) is 12.6 Å². The van der Waals surface area contributed by atoms with E-state index in [0.29, 0.717) is 21.5 Å². The van der Waals surface area contributed by atoms with Gasteiger partial charge in [-0.25, -0.2) is 8.42 Å². The molecule has 0 radical (unpaired) electrons. The van der Waals surface area contributed by atoms with Gasteiger partial charge in [-0.2, -0.15) is 13.2 Å². The van der Waals surface area contributed by atoms with Crippen LogP contribution in [0.15, 0.2) is 95.9 Å². The minimum absolute atomic E-state index is 0.0380. The van der Waals surface area contributed by atoms with E-state index in [9.17, 15) is 31.2 Å². The molecule has 0 bridgehead atoms. The molecule has 1 N–H and O–H groups in total. The van der Waals surface area contributed by atoms with Crippen LogP contribution in [-0.2, 0) is 38.8 Å². The van der Waals surface area contributed by atoms with Gasteiger partial charge in [-0.05, 0) is 74.4 Å². The summed E-state index contributed by atoms with van der Waals surface area (Å²) in [6.45, 7) is 4.05. The van der Waals surface area contributed by atoms with Gasteiger partial charge in [-0.15, -0.1) is 0 Å². The number of hydrogen-bond donors (Lipinski definition) is 1. The Balaban J connectivity index is 1.88.